The van der Waals surface area contributed by atoms with Gasteiger partial charge in [-0.2, -0.15) is 5.10 Å². The molecule has 0 radical (unpaired) electrons. The summed E-state index contributed by atoms with van der Waals surface area (Å²) in [6, 6.07) is 22.2. The molecule has 1 saturated carbocycles. The zero-order valence-corrected chi connectivity index (χ0v) is 21.8. The van der Waals surface area contributed by atoms with Crippen molar-refractivity contribution in [1.29, 1.82) is 0 Å². The van der Waals surface area contributed by atoms with Crippen LogP contribution in [0, 0.1) is 0 Å². The van der Waals surface area contributed by atoms with Crippen molar-refractivity contribution in [1.82, 2.24) is 20.1 Å². The maximum absolute atomic E-state index is 10.7. The number of aromatic nitrogens is 3. The Morgan fingerprint density at radius 3 is 2.29 bits per heavy atom. The van der Waals surface area contributed by atoms with Gasteiger partial charge in [0.2, 0.25) is 0 Å². The lowest BCUT2D eigenvalue weighted by molar-refractivity contribution is 0.0833. The van der Waals surface area contributed by atoms with Crippen LogP contribution in [0.2, 0.25) is 0 Å². The van der Waals surface area contributed by atoms with Gasteiger partial charge in [-0.25, -0.2) is 9.78 Å². The highest BCUT2D eigenvalue weighted by Crippen LogP contribution is 2.34. The molecule has 1 aliphatic carbocycles. The van der Waals surface area contributed by atoms with E-state index in [0.717, 1.165) is 28.5 Å². The van der Waals surface area contributed by atoms with Crippen molar-refractivity contribution in [2.75, 3.05) is 0 Å². The molecule has 0 unspecified atom stereocenters. The minimum atomic E-state index is -0.983. The van der Waals surface area contributed by atoms with Crippen LogP contribution < -0.4 is 14.8 Å². The summed E-state index contributed by atoms with van der Waals surface area (Å²) in [5.41, 5.74) is 4.85. The zero-order valence-electron chi connectivity index (χ0n) is 21.8. The number of hydrogen-bond donors (Lipinski definition) is 2. The van der Waals surface area contributed by atoms with Crippen LogP contribution in [0.3, 0.4) is 0 Å². The maximum atomic E-state index is 10.7. The Kier molecular flexibility index (Phi) is 7.05. The summed E-state index contributed by atoms with van der Waals surface area (Å²) in [6.07, 6.45) is 4.20. The molecule has 1 aliphatic rings. The summed E-state index contributed by atoms with van der Waals surface area (Å²) >= 11 is 0. The van der Waals surface area contributed by atoms with Crippen LogP contribution in [0.5, 0.6) is 11.5 Å². The molecule has 196 valence electrons. The number of benzene rings is 2. The molecule has 8 heteroatoms. The van der Waals surface area contributed by atoms with E-state index in [4.69, 9.17) is 19.6 Å². The van der Waals surface area contributed by atoms with Crippen LogP contribution in [-0.4, -0.2) is 38.1 Å². The zero-order chi connectivity index (χ0) is 26.7. The van der Waals surface area contributed by atoms with Crippen molar-refractivity contribution in [3.05, 3.63) is 95.9 Å². The van der Waals surface area contributed by atoms with Crippen molar-refractivity contribution in [2.45, 2.75) is 50.9 Å². The third kappa shape index (κ3) is 5.80. The number of amides is 1. The summed E-state index contributed by atoms with van der Waals surface area (Å²) in [5, 5.41) is 15.5. The van der Waals surface area contributed by atoms with E-state index >= 15 is 0 Å². The molecule has 2 aromatic carbocycles. The highest BCUT2D eigenvalue weighted by Gasteiger charge is 2.32. The molecule has 38 heavy (non-hydrogen) atoms. The van der Waals surface area contributed by atoms with Gasteiger partial charge in [0, 0.05) is 43.1 Å². The molecule has 2 aromatic heterocycles. The van der Waals surface area contributed by atoms with Crippen molar-refractivity contribution >= 4 is 6.09 Å². The van der Waals surface area contributed by atoms with Crippen molar-refractivity contribution in [3.63, 3.8) is 0 Å². The van der Waals surface area contributed by atoms with Gasteiger partial charge in [0.05, 0.1) is 17.6 Å². The van der Waals surface area contributed by atoms with E-state index in [-0.39, 0.29) is 17.6 Å². The molecular weight excluding hydrogens is 480 g/mol. The Morgan fingerprint density at radius 2 is 1.68 bits per heavy atom. The van der Waals surface area contributed by atoms with E-state index < -0.39 is 6.09 Å². The summed E-state index contributed by atoms with van der Waals surface area (Å²) in [5.74, 6) is 1.59. The largest absolute Gasteiger partial charge is 0.490 e. The van der Waals surface area contributed by atoms with E-state index in [2.05, 4.69) is 48.5 Å². The Morgan fingerprint density at radius 1 is 1.03 bits per heavy atom. The molecule has 1 fully saturated rings. The van der Waals surface area contributed by atoms with Gasteiger partial charge < -0.3 is 19.9 Å². The molecule has 4 aromatic rings. The minimum Gasteiger partial charge on any atom is -0.490 e. The van der Waals surface area contributed by atoms with Gasteiger partial charge in [0.15, 0.2) is 0 Å². The number of aryl methyl sites for hydroxylation is 1. The van der Waals surface area contributed by atoms with Gasteiger partial charge in [-0.1, -0.05) is 44.2 Å². The van der Waals surface area contributed by atoms with Crippen LogP contribution >= 0.6 is 0 Å². The molecular formula is C30H32N4O4. The fraction of sp³-hybridized carbons (Fsp3) is 0.300. The molecule has 0 spiro atoms. The number of nitrogens with one attached hydrogen (secondary N) is 1. The first kappa shape index (κ1) is 25.3. The molecule has 5 rings (SSSR count). The van der Waals surface area contributed by atoms with Crippen molar-refractivity contribution < 1.29 is 19.4 Å². The van der Waals surface area contributed by atoms with Gasteiger partial charge in [-0.15, -0.1) is 0 Å². The number of carbonyl (C=O) groups is 1. The topological polar surface area (TPSA) is 98.5 Å². The van der Waals surface area contributed by atoms with Crippen molar-refractivity contribution in [3.8, 4) is 22.8 Å². The number of carboxylic acid groups (broad SMARTS) is 1. The van der Waals surface area contributed by atoms with E-state index in [1.165, 1.54) is 11.1 Å². The second-order valence-electron chi connectivity index (χ2n) is 10.2. The minimum absolute atomic E-state index is 0.0177. The fourth-order valence-corrected chi connectivity index (χ4v) is 4.66. The number of nitrogens with zero attached hydrogens (tertiary/aromatic N) is 3. The van der Waals surface area contributed by atoms with Gasteiger partial charge in [-0.05, 0) is 47.5 Å². The van der Waals surface area contributed by atoms with Gasteiger partial charge >= 0.3 is 6.09 Å². The summed E-state index contributed by atoms with van der Waals surface area (Å²) in [6.45, 7) is 4.77. The average molecular weight is 513 g/mol. The first-order chi connectivity index (χ1) is 18.3. The Labute approximate surface area is 222 Å². The second-order valence-corrected chi connectivity index (χ2v) is 10.2. The molecule has 0 atom stereocenters. The van der Waals surface area contributed by atoms with Crippen LogP contribution in [0.15, 0.2) is 79.1 Å². The monoisotopic (exact) mass is 512 g/mol. The smallest absolute Gasteiger partial charge is 0.404 e. The third-order valence-corrected chi connectivity index (χ3v) is 7.07. The highest BCUT2D eigenvalue weighted by atomic mass is 16.5. The first-order valence-corrected chi connectivity index (χ1v) is 12.7. The van der Waals surface area contributed by atoms with E-state index in [9.17, 15) is 4.79 Å². The molecule has 2 heterocycles. The fourth-order valence-electron chi connectivity index (χ4n) is 4.66. The lowest BCUT2D eigenvalue weighted by Crippen LogP contribution is -2.48. The van der Waals surface area contributed by atoms with E-state index in [1.807, 2.05) is 55.7 Å². The standard InChI is InChI=1S/C30H32N4O4/c1-30(2,22-9-13-26(14-10-22)38-27-15-24(16-27)33-29(35)36)21-7-11-25(12-8-21)37-19-23-5-4-6-28(32-23)20-17-31-34(3)18-20/h4-14,17-18,24,27,33H,15-16,19H2,1-3H3,(H,35,36)/t24-,27-. The normalized spacial score (nSPS) is 16.9. The molecule has 8 nitrogen and oxygen atoms in total. The van der Waals surface area contributed by atoms with Gasteiger partial charge in [0.1, 0.15) is 24.2 Å². The average Bonchev–Trinajstić information content (AvgIpc) is 3.33. The molecule has 0 aliphatic heterocycles. The number of pyridine rings is 1. The van der Waals surface area contributed by atoms with E-state index in [1.54, 1.807) is 10.9 Å². The summed E-state index contributed by atoms with van der Waals surface area (Å²) in [7, 11) is 1.89. The first-order valence-electron chi connectivity index (χ1n) is 12.7. The van der Waals surface area contributed by atoms with Crippen LogP contribution in [0.1, 0.15) is 43.5 Å². The quantitative estimate of drug-likeness (QED) is 0.305. The molecule has 1 amide bonds. The number of rotatable bonds is 9. The lowest BCUT2D eigenvalue weighted by atomic mass is 9.78. The summed E-state index contributed by atoms with van der Waals surface area (Å²) in [4.78, 5) is 15.4. The molecule has 0 bridgehead atoms. The number of hydrogen-bond acceptors (Lipinski definition) is 5. The predicted octanol–water partition coefficient (Wildman–Crippen LogP) is 5.56. The second kappa shape index (κ2) is 10.6. The van der Waals surface area contributed by atoms with Crippen LogP contribution in [0.25, 0.3) is 11.3 Å². The van der Waals surface area contributed by atoms with Crippen molar-refractivity contribution in [2.24, 2.45) is 7.05 Å². The Bertz CT molecular complexity index is 1390. The van der Waals surface area contributed by atoms with E-state index in [0.29, 0.717) is 19.4 Å². The van der Waals surface area contributed by atoms with Gasteiger partial charge in [0.25, 0.3) is 0 Å². The lowest BCUT2D eigenvalue weighted by Gasteiger charge is -2.35. The van der Waals surface area contributed by atoms with Crippen LogP contribution in [0.4, 0.5) is 4.79 Å². The molecule has 2 N–H and O–H groups in total. The highest BCUT2D eigenvalue weighted by molar-refractivity contribution is 5.65. The number of ether oxygens (including phenoxy) is 2. The SMILES string of the molecule is Cn1cc(-c2cccc(COc3ccc(C(C)(C)c4ccc(O[C@H]5C[C@H](NC(=O)O)C5)cc4)cc3)n2)cn1. The molecule has 0 saturated heterocycles. The third-order valence-electron chi connectivity index (χ3n) is 7.07. The Hall–Kier alpha value is -4.33. The predicted molar refractivity (Wildman–Crippen MR) is 144 cm³/mol. The summed E-state index contributed by atoms with van der Waals surface area (Å²) < 4.78 is 13.8. The maximum Gasteiger partial charge on any atom is 0.404 e. The van der Waals surface area contributed by atoms with Gasteiger partial charge in [-0.3, -0.25) is 4.68 Å². The Balaban J connectivity index is 1.17. The van der Waals surface area contributed by atoms with Crippen LogP contribution in [-0.2, 0) is 19.1 Å².